The van der Waals surface area contributed by atoms with Crippen LogP contribution >= 0.6 is 0 Å². The lowest BCUT2D eigenvalue weighted by molar-refractivity contribution is 0.174. The molecule has 1 N–H and O–H groups in total. The zero-order chi connectivity index (χ0) is 14.8. The van der Waals surface area contributed by atoms with Gasteiger partial charge in [-0.15, -0.1) is 0 Å². The summed E-state index contributed by atoms with van der Waals surface area (Å²) in [4.78, 5) is 2.07. The minimum Gasteiger partial charge on any atom is -0.391 e. The van der Waals surface area contributed by atoms with Gasteiger partial charge in [0.15, 0.2) is 0 Å². The number of aliphatic hydroxyl groups excluding tert-OH is 1. The molecule has 0 radical (unpaired) electrons. The van der Waals surface area contributed by atoms with Crippen molar-refractivity contribution in [1.29, 1.82) is 5.26 Å². The maximum absolute atomic E-state index is 13.4. The summed E-state index contributed by atoms with van der Waals surface area (Å²) in [7, 11) is 0. The number of nitriles is 1. The summed E-state index contributed by atoms with van der Waals surface area (Å²) in [6.07, 6.45) is 0.246. The molecule has 0 spiro atoms. The van der Waals surface area contributed by atoms with Crippen LogP contribution in [0.15, 0.2) is 42.5 Å². The Morgan fingerprint density at radius 1 is 1.29 bits per heavy atom. The molecule has 3 rings (SSSR count). The van der Waals surface area contributed by atoms with Gasteiger partial charge in [-0.1, -0.05) is 24.3 Å². The molecular formula is C17H15FN2O. The number of benzene rings is 2. The van der Waals surface area contributed by atoms with Crippen LogP contribution in [0.25, 0.3) is 0 Å². The molecule has 3 nitrogen and oxygen atoms in total. The first-order chi connectivity index (χ1) is 10.2. The van der Waals surface area contributed by atoms with Crippen molar-refractivity contribution in [2.75, 3.05) is 11.4 Å². The van der Waals surface area contributed by atoms with Gasteiger partial charge in [-0.25, -0.2) is 4.39 Å². The van der Waals surface area contributed by atoms with Crippen molar-refractivity contribution in [3.63, 3.8) is 0 Å². The number of nitrogens with zero attached hydrogens (tertiary/aromatic N) is 2. The standard InChI is InChI=1S/C17H15FN2O/c18-16-6-5-12(7-14(16)9-19)10-20-11-15(21)8-13-3-1-2-4-17(13)20/h1-7,15,21H,8,10-11H2/t15-/m1/s1. The Kier molecular flexibility index (Phi) is 3.59. The molecule has 1 aliphatic heterocycles. The zero-order valence-corrected chi connectivity index (χ0v) is 11.5. The van der Waals surface area contributed by atoms with Crippen LogP contribution in [0.1, 0.15) is 16.7 Å². The Bertz CT molecular complexity index is 708. The average molecular weight is 282 g/mol. The molecule has 1 aliphatic rings. The fourth-order valence-corrected chi connectivity index (χ4v) is 2.79. The highest BCUT2D eigenvalue weighted by molar-refractivity contribution is 5.56. The Morgan fingerprint density at radius 2 is 2.10 bits per heavy atom. The van der Waals surface area contributed by atoms with Crippen molar-refractivity contribution < 1.29 is 9.50 Å². The summed E-state index contributed by atoms with van der Waals surface area (Å²) < 4.78 is 13.4. The van der Waals surface area contributed by atoms with Gasteiger partial charge in [0.05, 0.1) is 11.7 Å². The topological polar surface area (TPSA) is 47.3 Å². The van der Waals surface area contributed by atoms with E-state index >= 15 is 0 Å². The van der Waals surface area contributed by atoms with Gasteiger partial charge in [0, 0.05) is 25.2 Å². The first-order valence-electron chi connectivity index (χ1n) is 6.87. The normalized spacial score (nSPS) is 17.2. The predicted octanol–water partition coefficient (Wildman–Crippen LogP) is 2.62. The monoisotopic (exact) mass is 282 g/mol. The van der Waals surface area contributed by atoms with Crippen LogP contribution in [-0.2, 0) is 13.0 Å². The quantitative estimate of drug-likeness (QED) is 0.921. The number of hydrogen-bond acceptors (Lipinski definition) is 3. The van der Waals surface area contributed by atoms with Gasteiger partial charge >= 0.3 is 0 Å². The highest BCUT2D eigenvalue weighted by atomic mass is 19.1. The van der Waals surface area contributed by atoms with E-state index in [0.717, 1.165) is 16.8 Å². The minimum absolute atomic E-state index is 0.0540. The van der Waals surface area contributed by atoms with Crippen LogP contribution in [0, 0.1) is 17.1 Å². The molecule has 0 bridgehead atoms. The number of hydrogen-bond donors (Lipinski definition) is 1. The molecule has 4 heteroatoms. The van der Waals surface area contributed by atoms with E-state index in [2.05, 4.69) is 4.90 Å². The molecule has 2 aromatic carbocycles. The number of fused-ring (bicyclic) bond motifs is 1. The largest absolute Gasteiger partial charge is 0.391 e. The molecule has 0 saturated heterocycles. The summed E-state index contributed by atoms with van der Waals surface area (Å²) >= 11 is 0. The van der Waals surface area contributed by atoms with Gasteiger partial charge in [-0.3, -0.25) is 0 Å². The Hall–Kier alpha value is -2.38. The lowest BCUT2D eigenvalue weighted by atomic mass is 9.99. The molecule has 2 aromatic rings. The van der Waals surface area contributed by atoms with Crippen molar-refractivity contribution in [1.82, 2.24) is 0 Å². The summed E-state index contributed by atoms with van der Waals surface area (Å²) in [5.74, 6) is -0.500. The van der Waals surface area contributed by atoms with Crippen LogP contribution in [0.3, 0.4) is 0 Å². The Balaban J connectivity index is 1.90. The van der Waals surface area contributed by atoms with E-state index in [4.69, 9.17) is 5.26 Å². The molecule has 106 valence electrons. The van der Waals surface area contributed by atoms with Crippen molar-refractivity contribution >= 4 is 5.69 Å². The molecule has 21 heavy (non-hydrogen) atoms. The van der Waals surface area contributed by atoms with E-state index in [-0.39, 0.29) is 5.56 Å². The SMILES string of the molecule is N#Cc1cc(CN2C[C@H](O)Cc3ccccc32)ccc1F. The average Bonchev–Trinajstić information content (AvgIpc) is 2.49. The third kappa shape index (κ3) is 2.74. The lowest BCUT2D eigenvalue weighted by Gasteiger charge is -2.34. The molecule has 1 heterocycles. The molecular weight excluding hydrogens is 267 g/mol. The van der Waals surface area contributed by atoms with E-state index in [0.29, 0.717) is 19.5 Å². The van der Waals surface area contributed by atoms with E-state index in [1.807, 2.05) is 30.3 Å². The smallest absolute Gasteiger partial charge is 0.140 e. The van der Waals surface area contributed by atoms with Gasteiger partial charge < -0.3 is 10.0 Å². The molecule has 0 amide bonds. The molecule has 0 aromatic heterocycles. The number of β-amino-alcohol motifs (C(OH)–C–C–N with tert-alkyl or cyclic N) is 1. The molecule has 0 saturated carbocycles. The third-order valence-corrected chi connectivity index (χ3v) is 3.74. The van der Waals surface area contributed by atoms with Crippen molar-refractivity contribution in [3.05, 3.63) is 65.0 Å². The number of anilines is 1. The number of rotatable bonds is 2. The molecule has 1 atom stereocenters. The predicted molar refractivity (Wildman–Crippen MR) is 78.3 cm³/mol. The number of halogens is 1. The van der Waals surface area contributed by atoms with Gasteiger partial charge in [0.2, 0.25) is 0 Å². The van der Waals surface area contributed by atoms with Gasteiger partial charge in [0.1, 0.15) is 11.9 Å². The summed E-state index contributed by atoms with van der Waals surface area (Å²) in [6, 6.07) is 14.4. The van der Waals surface area contributed by atoms with Crippen molar-refractivity contribution in [2.24, 2.45) is 0 Å². The zero-order valence-electron chi connectivity index (χ0n) is 11.5. The minimum atomic E-state index is -0.500. The maximum atomic E-state index is 13.4. The van der Waals surface area contributed by atoms with Crippen molar-refractivity contribution in [3.8, 4) is 6.07 Å². The fourth-order valence-electron chi connectivity index (χ4n) is 2.79. The van der Waals surface area contributed by atoms with Crippen LogP contribution < -0.4 is 4.90 Å². The Labute approximate surface area is 122 Å². The lowest BCUT2D eigenvalue weighted by Crippen LogP contribution is -2.38. The second kappa shape index (κ2) is 5.55. The van der Waals surface area contributed by atoms with E-state index in [9.17, 15) is 9.50 Å². The van der Waals surface area contributed by atoms with Gasteiger partial charge in [0.25, 0.3) is 0 Å². The van der Waals surface area contributed by atoms with Gasteiger partial charge in [-0.05, 0) is 29.3 Å². The second-order valence-electron chi connectivity index (χ2n) is 5.29. The fraction of sp³-hybridized carbons (Fsp3) is 0.235. The molecule has 0 aliphatic carbocycles. The summed E-state index contributed by atoms with van der Waals surface area (Å²) in [5.41, 5.74) is 3.11. The first kappa shape index (κ1) is 13.6. The number of para-hydroxylation sites is 1. The summed E-state index contributed by atoms with van der Waals surface area (Å²) in [6.45, 7) is 1.08. The summed E-state index contributed by atoms with van der Waals surface area (Å²) in [5, 5.41) is 18.9. The first-order valence-corrected chi connectivity index (χ1v) is 6.87. The van der Waals surface area contributed by atoms with E-state index < -0.39 is 11.9 Å². The third-order valence-electron chi connectivity index (χ3n) is 3.74. The van der Waals surface area contributed by atoms with Crippen LogP contribution in [0.4, 0.5) is 10.1 Å². The van der Waals surface area contributed by atoms with E-state index in [1.54, 1.807) is 12.1 Å². The van der Waals surface area contributed by atoms with Crippen LogP contribution in [-0.4, -0.2) is 17.8 Å². The van der Waals surface area contributed by atoms with Crippen LogP contribution in [0.2, 0.25) is 0 Å². The van der Waals surface area contributed by atoms with Gasteiger partial charge in [-0.2, -0.15) is 5.26 Å². The van der Waals surface area contributed by atoms with Crippen LogP contribution in [0.5, 0.6) is 0 Å². The highest BCUT2D eigenvalue weighted by Crippen LogP contribution is 2.28. The molecule has 0 fully saturated rings. The Morgan fingerprint density at radius 3 is 2.90 bits per heavy atom. The van der Waals surface area contributed by atoms with Crippen molar-refractivity contribution in [2.45, 2.75) is 19.1 Å². The van der Waals surface area contributed by atoms with E-state index in [1.165, 1.54) is 6.07 Å². The maximum Gasteiger partial charge on any atom is 0.140 e. The molecule has 0 unspecified atom stereocenters. The second-order valence-corrected chi connectivity index (χ2v) is 5.29. The number of aliphatic hydroxyl groups is 1. The highest BCUT2D eigenvalue weighted by Gasteiger charge is 2.22.